The lowest BCUT2D eigenvalue weighted by Gasteiger charge is -2.45. The monoisotopic (exact) mass is 1630 g/mol. The van der Waals surface area contributed by atoms with E-state index >= 15 is 0 Å². The summed E-state index contributed by atoms with van der Waals surface area (Å²) in [5.74, 6) is -1.13. The van der Waals surface area contributed by atoms with Crippen molar-refractivity contribution in [2.75, 3.05) is 59.2 Å². The number of hydrogen-bond donors (Lipinski definition) is 1. The molecule has 2 aliphatic heterocycles. The van der Waals surface area contributed by atoms with Gasteiger partial charge in [-0.3, -0.25) is 9.59 Å². The molecule has 14 nitrogen and oxygen atoms in total. The molecule has 1 N–H and O–H groups in total. The second-order valence-electron chi connectivity index (χ2n) is 33.6. The van der Waals surface area contributed by atoms with Crippen LogP contribution in [0.4, 0.5) is 11.4 Å². The van der Waals surface area contributed by atoms with Crippen LogP contribution in [0.3, 0.4) is 0 Å². The minimum absolute atomic E-state index is 0.0485. The van der Waals surface area contributed by atoms with Gasteiger partial charge in [0.05, 0.1) is 54.5 Å². The Morgan fingerprint density at radius 3 is 1.32 bits per heavy atom. The van der Waals surface area contributed by atoms with Crippen LogP contribution in [0.2, 0.25) is 49.4 Å². The smallest absolute Gasteiger partial charge is 0.315 e. The molecule has 2 saturated heterocycles. The summed E-state index contributed by atoms with van der Waals surface area (Å²) in [7, 11) is -6.37. The van der Waals surface area contributed by atoms with Gasteiger partial charge in [0.1, 0.15) is 5.92 Å². The maximum Gasteiger partial charge on any atom is 0.315 e. The van der Waals surface area contributed by atoms with Crippen molar-refractivity contribution in [2.24, 2.45) is 22.7 Å². The van der Waals surface area contributed by atoms with E-state index in [0.717, 1.165) is 113 Å². The van der Waals surface area contributed by atoms with Crippen LogP contribution in [0.5, 0.6) is 0 Å². The van der Waals surface area contributed by atoms with Gasteiger partial charge in [-0.1, -0.05) is 263 Å². The van der Waals surface area contributed by atoms with Crippen LogP contribution in [-0.4, -0.2) is 133 Å². The highest BCUT2D eigenvalue weighted by Gasteiger charge is 2.53. The van der Waals surface area contributed by atoms with Gasteiger partial charge < -0.3 is 51.4 Å². The molecule has 3 unspecified atom stereocenters. The molecule has 8 rings (SSSR count). The molecular weight excluding hydrogens is 1500 g/mol. The number of carbonyl (C=O) groups excluding carboxylic acids is 2. The van der Waals surface area contributed by atoms with Crippen molar-refractivity contribution in [3.8, 4) is 0 Å². The molecule has 0 amide bonds. The molecule has 2 aliphatic rings. The van der Waals surface area contributed by atoms with Crippen molar-refractivity contribution < 1.29 is 55.7 Å². The average Bonchev–Trinajstić information content (AvgIpc) is 0.751. The van der Waals surface area contributed by atoms with Crippen LogP contribution in [-0.2, 0) is 55.7 Å². The highest BCUT2D eigenvalue weighted by molar-refractivity contribution is 7.80. The molecule has 2 fully saturated rings. The third-order valence-electron chi connectivity index (χ3n) is 21.2. The van der Waals surface area contributed by atoms with Crippen molar-refractivity contribution in [3.05, 3.63) is 193 Å². The van der Waals surface area contributed by atoms with Gasteiger partial charge in [-0.05, 0) is 202 Å². The van der Waals surface area contributed by atoms with Crippen LogP contribution in [0, 0.1) is 17.8 Å². The molecule has 6 aromatic carbocycles. The molecule has 0 aromatic heterocycles. The number of thiocarbonyl (C=S) groups is 2. The number of rotatable bonds is 39. The Hall–Kier alpha value is -6.02. The number of aliphatic imine (C=N–C) groups is 1. The number of carbonyl (C=O) groups is 2. The fourth-order valence-corrected chi connectivity index (χ4v) is 28.6. The van der Waals surface area contributed by atoms with Crippen LogP contribution >= 0.6 is 24.4 Å². The Balaban J connectivity index is 0.000000297. The maximum absolute atomic E-state index is 13.8. The predicted molar refractivity (Wildman–Crippen MR) is 481 cm³/mol. The first-order chi connectivity index (χ1) is 53.4. The maximum atomic E-state index is 13.8. The van der Waals surface area contributed by atoms with E-state index in [2.05, 4.69) is 258 Å². The lowest BCUT2D eigenvalue weighted by Crippen LogP contribution is -2.67. The van der Waals surface area contributed by atoms with Crippen molar-refractivity contribution >= 4 is 124 Å². The Morgan fingerprint density at radius 1 is 0.545 bits per heavy atom. The number of anilines is 1. The van der Waals surface area contributed by atoms with Gasteiger partial charge in [0.25, 0.3) is 16.6 Å². The zero-order chi connectivity index (χ0) is 81.9. The first-order valence-electron chi connectivity index (χ1n) is 40.8. The SMILES string of the molecule is CCC(CC)(C[C@@H](CCC(=O)OC)CO[Si](c1ccccc1)(c1ccccc1)C(C)(C)C)O[Si](C)(C)C.CCC(CC)(C[C@H](CO[Si](c1ccccc1)(c1ccccc1)C(C)(C)C)CC(C(=O)OC)C(=S)Nc1ccccc1/C=C\COC1CCCCO1)O[Si](C)(C)C.S=C=Nc1ccccc1/C=C\COC1CCCCO1. The number of benzene rings is 6. The average molecular weight is 1640 g/mol. The van der Waals surface area contributed by atoms with E-state index in [-0.39, 0.29) is 57.6 Å². The molecule has 112 heavy (non-hydrogen) atoms. The topological polar surface area (TPSA) is 151 Å². The molecule has 0 radical (unpaired) electrons. The molecule has 0 aliphatic carbocycles. The quantitative estimate of drug-likeness (QED) is 0.0169. The number of para-hydroxylation sites is 2. The minimum Gasteiger partial charge on any atom is -0.469 e. The number of esters is 2. The Kier molecular flexibility index (Phi) is 39.5. The molecule has 0 spiro atoms. The van der Waals surface area contributed by atoms with Gasteiger partial charge in [-0.15, -0.1) is 0 Å². The van der Waals surface area contributed by atoms with Crippen molar-refractivity contribution in [2.45, 2.75) is 239 Å². The summed E-state index contributed by atoms with van der Waals surface area (Å²) in [6.07, 6.45) is 20.9. The van der Waals surface area contributed by atoms with E-state index in [0.29, 0.717) is 44.3 Å². The third-order valence-corrected chi connectivity index (χ3v) is 33.7. The molecule has 0 saturated carbocycles. The molecular formula is C92H134N2O12S2Si4. The molecule has 0 bridgehead atoms. The molecule has 5 atom stereocenters. The third kappa shape index (κ3) is 29.3. The Morgan fingerprint density at radius 2 is 0.938 bits per heavy atom. The Bertz CT molecular complexity index is 3760. The highest BCUT2D eigenvalue weighted by Crippen LogP contribution is 2.42. The number of nitrogens with zero attached hydrogens (tertiary/aromatic N) is 1. The summed E-state index contributed by atoms with van der Waals surface area (Å²) in [5.41, 5.74) is 3.01. The van der Waals surface area contributed by atoms with E-state index in [1.165, 1.54) is 41.4 Å². The highest BCUT2D eigenvalue weighted by atomic mass is 32.1. The Labute approximate surface area is 688 Å². The fourth-order valence-electron chi connectivity index (χ4n) is 15.6. The zero-order valence-electron chi connectivity index (χ0n) is 70.9. The minimum atomic E-state index is -2.89. The second kappa shape index (κ2) is 46.6. The van der Waals surface area contributed by atoms with Crippen LogP contribution in [0.25, 0.3) is 12.2 Å². The largest absolute Gasteiger partial charge is 0.469 e. The van der Waals surface area contributed by atoms with Gasteiger partial charge in [0.15, 0.2) is 29.2 Å². The summed E-state index contributed by atoms with van der Waals surface area (Å²) in [5, 5.41) is 10.5. The van der Waals surface area contributed by atoms with Crippen molar-refractivity contribution in [1.82, 2.24) is 0 Å². The molecule has 2 heterocycles. The van der Waals surface area contributed by atoms with Gasteiger partial charge in [-0.25, -0.2) is 0 Å². The van der Waals surface area contributed by atoms with E-state index in [4.69, 9.17) is 58.3 Å². The first kappa shape index (κ1) is 94.8. The summed E-state index contributed by atoms with van der Waals surface area (Å²) >= 11 is 10.8. The summed E-state index contributed by atoms with van der Waals surface area (Å²) in [4.78, 5) is 30.4. The van der Waals surface area contributed by atoms with Crippen molar-refractivity contribution in [1.29, 1.82) is 0 Å². The van der Waals surface area contributed by atoms with Gasteiger partial charge in [-0.2, -0.15) is 4.99 Å². The normalized spacial score (nSPS) is 16.2. The van der Waals surface area contributed by atoms with Crippen LogP contribution in [0.15, 0.2) is 187 Å². The second-order valence-corrected chi connectivity index (χ2v) is 51.7. The molecule has 6 aromatic rings. The van der Waals surface area contributed by atoms with E-state index in [9.17, 15) is 9.59 Å². The number of methoxy groups -OCH3 is 2. The van der Waals surface area contributed by atoms with Gasteiger partial charge in [0.2, 0.25) is 0 Å². The van der Waals surface area contributed by atoms with Gasteiger partial charge in [0, 0.05) is 44.1 Å². The summed E-state index contributed by atoms with van der Waals surface area (Å²) < 4.78 is 62.0. The summed E-state index contributed by atoms with van der Waals surface area (Å²) in [6.45, 7) is 39.8. The molecule has 612 valence electrons. The van der Waals surface area contributed by atoms with Crippen LogP contribution < -0.4 is 26.1 Å². The number of hydrogen-bond acceptors (Lipinski definition) is 15. The van der Waals surface area contributed by atoms with E-state index in [1.54, 1.807) is 0 Å². The van der Waals surface area contributed by atoms with E-state index in [1.807, 2.05) is 72.8 Å². The number of nitrogens with one attached hydrogen (secondary N) is 1. The number of ether oxygens (including phenoxy) is 6. The first-order valence-corrected chi connectivity index (χ1v) is 52.3. The lowest BCUT2D eigenvalue weighted by molar-refractivity contribution is -0.155. The van der Waals surface area contributed by atoms with Crippen molar-refractivity contribution in [3.63, 3.8) is 0 Å². The summed E-state index contributed by atoms with van der Waals surface area (Å²) in [6, 6.07) is 58.7. The van der Waals surface area contributed by atoms with E-state index < -0.39 is 39.2 Å². The standard InChI is InChI=1S/C46H67NO6SSi2.C31H50O4Si2.C15H17NO2S/c1-10-46(11-2,53-55(7,8)9)34-36(35-52-56(45(3,4)5,38-25-14-12-15-26-38)39-27-16-13-17-28-39)33-40(44(48)49-6)43(54)47-41-29-19-18-23-37(41)24-22-32-51-42-30-20-21-31-50-42;1-10-31(11-2,35-36(7,8)9)24-26(22-23-29(32)33-6)25-34-37(30(3,4)5,27-18-14-12-15-19-27)28-20-16-13-17-21-28;19-12-16-14-8-2-1-6-13(14)7-5-11-18-15-9-3-4-10-17-15/h12-19,22-29,36,40,42H,10-11,20-21,30-35H2,1-9H3,(H,47,54);12-21,26H,10-11,22-25H2,1-9H3;1-2,5-8,15H,3-4,9-11H2/b24-22-;;7-5-/t36-,40?,42?;26-;/m11./s1. The predicted octanol–water partition coefficient (Wildman–Crippen LogP) is 21.1. The fraction of sp³-hybridized carbons (Fsp3) is 0.522. The zero-order valence-corrected chi connectivity index (χ0v) is 76.5. The number of isothiocyanates is 1. The lowest BCUT2D eigenvalue weighted by atomic mass is 9.82. The molecule has 20 heteroatoms. The van der Waals surface area contributed by atoms with Crippen LogP contribution in [0.1, 0.15) is 177 Å². The van der Waals surface area contributed by atoms with Gasteiger partial charge >= 0.3 is 11.9 Å².